The number of para-hydroxylation sites is 1. The van der Waals surface area contributed by atoms with Gasteiger partial charge in [-0.25, -0.2) is 0 Å². The van der Waals surface area contributed by atoms with E-state index < -0.39 is 18.0 Å². The van der Waals surface area contributed by atoms with E-state index in [4.69, 9.17) is 14.2 Å². The van der Waals surface area contributed by atoms with E-state index in [1.54, 1.807) is 6.08 Å². The van der Waals surface area contributed by atoms with E-state index in [0.717, 1.165) is 25.0 Å². The van der Waals surface area contributed by atoms with Gasteiger partial charge in [-0.15, -0.1) is 0 Å². The molecule has 1 saturated heterocycles. The van der Waals surface area contributed by atoms with Crippen molar-refractivity contribution in [3.05, 3.63) is 42.5 Å². The number of rotatable bonds is 6. The maximum absolute atomic E-state index is 10.7. The molecule has 3 aliphatic rings. The highest BCUT2D eigenvalue weighted by atomic mass is 16.7. The largest absolute Gasteiger partial charge is 0.491 e. The molecule has 154 valence electrons. The smallest absolute Gasteiger partial charge is 0.177 e. The lowest BCUT2D eigenvalue weighted by Crippen LogP contribution is -2.73. The summed E-state index contributed by atoms with van der Waals surface area (Å²) in [6, 6.07) is 9.47. The minimum Gasteiger partial charge on any atom is -0.491 e. The Bertz CT molecular complexity index is 683. The maximum atomic E-state index is 10.7. The lowest BCUT2D eigenvalue weighted by atomic mass is 9.41. The molecule has 2 saturated carbocycles. The van der Waals surface area contributed by atoms with Crippen molar-refractivity contribution in [2.45, 2.75) is 51.1 Å². The molecule has 4 rings (SSSR count). The van der Waals surface area contributed by atoms with Crippen LogP contribution in [-0.2, 0) is 9.47 Å². The van der Waals surface area contributed by atoms with E-state index in [1.807, 2.05) is 36.4 Å². The van der Waals surface area contributed by atoms with Crippen molar-refractivity contribution >= 4 is 0 Å². The van der Waals surface area contributed by atoms with Crippen molar-refractivity contribution in [1.82, 2.24) is 0 Å². The van der Waals surface area contributed by atoms with E-state index in [9.17, 15) is 10.2 Å². The lowest BCUT2D eigenvalue weighted by molar-refractivity contribution is -0.385. The van der Waals surface area contributed by atoms with E-state index in [1.165, 1.54) is 0 Å². The third-order valence-corrected chi connectivity index (χ3v) is 7.15. The van der Waals surface area contributed by atoms with Gasteiger partial charge in [0, 0.05) is 17.3 Å². The Kier molecular flexibility index (Phi) is 5.53. The van der Waals surface area contributed by atoms with Gasteiger partial charge in [0.15, 0.2) is 5.79 Å². The summed E-state index contributed by atoms with van der Waals surface area (Å²) in [5.74, 6) is 0.796. The standard InChI is InChI=1S/C23H32O5/c1-3-19-21-18(10-9-16(24)15-26-17-7-5-4-6-8-17)20(25)11-12-22(21,2)23(19)27-13-14-28-23/h4-10,16,18-21,24-25H,3,11-15H2,1-2H3/b10-9+/t16-,18-,19?,20+,21-,22-/m0/s1. The van der Waals surface area contributed by atoms with Crippen LogP contribution in [0.3, 0.4) is 0 Å². The summed E-state index contributed by atoms with van der Waals surface area (Å²) < 4.78 is 17.9. The van der Waals surface area contributed by atoms with Crippen LogP contribution in [0.5, 0.6) is 5.75 Å². The summed E-state index contributed by atoms with van der Waals surface area (Å²) in [6.45, 7) is 5.91. The molecule has 1 unspecified atom stereocenters. The Balaban J connectivity index is 1.45. The molecule has 0 radical (unpaired) electrons. The fourth-order valence-corrected chi connectivity index (χ4v) is 5.91. The first-order chi connectivity index (χ1) is 13.5. The van der Waals surface area contributed by atoms with Crippen molar-refractivity contribution in [2.75, 3.05) is 19.8 Å². The lowest BCUT2D eigenvalue weighted by Gasteiger charge is -2.69. The highest BCUT2D eigenvalue weighted by Gasteiger charge is 2.74. The van der Waals surface area contributed by atoms with E-state index in [2.05, 4.69) is 13.8 Å². The van der Waals surface area contributed by atoms with Crippen LogP contribution in [-0.4, -0.2) is 48.0 Å². The monoisotopic (exact) mass is 388 g/mol. The number of fused-ring (bicyclic) bond motifs is 2. The second kappa shape index (κ2) is 7.79. The molecule has 6 atom stereocenters. The Morgan fingerprint density at radius 3 is 2.64 bits per heavy atom. The van der Waals surface area contributed by atoms with Crippen LogP contribution >= 0.6 is 0 Å². The van der Waals surface area contributed by atoms with Crippen LogP contribution in [0.2, 0.25) is 0 Å². The SMILES string of the molecule is CCC1[C@@H]2[C@@H](/C=C/[C@H](O)COc3ccccc3)[C@H](O)CC[C@]2(C)C12OCCO2. The second-order valence-corrected chi connectivity index (χ2v) is 8.58. The molecule has 2 aliphatic carbocycles. The van der Waals surface area contributed by atoms with Gasteiger partial charge in [0.05, 0.1) is 19.3 Å². The van der Waals surface area contributed by atoms with Crippen LogP contribution in [0.15, 0.2) is 42.5 Å². The summed E-state index contributed by atoms with van der Waals surface area (Å²) >= 11 is 0. The fraction of sp³-hybridized carbons (Fsp3) is 0.652. The van der Waals surface area contributed by atoms with E-state index in [0.29, 0.717) is 13.2 Å². The average molecular weight is 389 g/mol. The molecule has 1 aliphatic heterocycles. The molecular weight excluding hydrogens is 356 g/mol. The van der Waals surface area contributed by atoms with Gasteiger partial charge < -0.3 is 24.4 Å². The first-order valence-electron chi connectivity index (χ1n) is 10.5. The minimum atomic E-state index is -0.714. The average Bonchev–Trinajstić information content (AvgIpc) is 3.23. The van der Waals surface area contributed by atoms with Crippen LogP contribution in [0, 0.1) is 23.2 Å². The molecule has 1 spiro atoms. The van der Waals surface area contributed by atoms with Gasteiger partial charge in [-0.3, -0.25) is 0 Å². The predicted octanol–water partition coefficient (Wildman–Crippen LogP) is 3.16. The van der Waals surface area contributed by atoms with Gasteiger partial charge in [0.1, 0.15) is 18.5 Å². The molecule has 1 heterocycles. The second-order valence-electron chi connectivity index (χ2n) is 8.58. The Hall–Kier alpha value is -1.40. The summed E-state index contributed by atoms with van der Waals surface area (Å²) in [4.78, 5) is 0. The van der Waals surface area contributed by atoms with Gasteiger partial charge in [0.25, 0.3) is 0 Å². The molecule has 5 heteroatoms. The van der Waals surface area contributed by atoms with Crippen LogP contribution in [0.1, 0.15) is 33.1 Å². The van der Waals surface area contributed by atoms with E-state index in [-0.39, 0.29) is 29.8 Å². The molecule has 0 amide bonds. The number of aliphatic hydroxyl groups excluding tert-OH is 2. The van der Waals surface area contributed by atoms with Gasteiger partial charge in [-0.05, 0) is 37.3 Å². The Labute approximate surface area is 167 Å². The maximum Gasteiger partial charge on any atom is 0.177 e. The molecule has 1 aromatic carbocycles. The molecular formula is C23H32O5. The van der Waals surface area contributed by atoms with Gasteiger partial charge in [0.2, 0.25) is 0 Å². The van der Waals surface area contributed by atoms with Gasteiger partial charge in [-0.2, -0.15) is 0 Å². The first-order valence-corrected chi connectivity index (χ1v) is 10.5. The topological polar surface area (TPSA) is 68.2 Å². The third kappa shape index (κ3) is 3.09. The molecule has 3 fully saturated rings. The van der Waals surface area contributed by atoms with Crippen molar-refractivity contribution in [1.29, 1.82) is 0 Å². The molecule has 28 heavy (non-hydrogen) atoms. The number of benzene rings is 1. The molecule has 0 aromatic heterocycles. The summed E-state index contributed by atoms with van der Waals surface area (Å²) in [5, 5.41) is 21.1. The quantitative estimate of drug-likeness (QED) is 0.733. The zero-order valence-electron chi connectivity index (χ0n) is 16.8. The summed E-state index contributed by atoms with van der Waals surface area (Å²) in [5.41, 5.74) is -0.0933. The number of hydrogen-bond donors (Lipinski definition) is 2. The zero-order chi connectivity index (χ0) is 19.8. The third-order valence-electron chi connectivity index (χ3n) is 7.15. The summed E-state index contributed by atoms with van der Waals surface area (Å²) in [7, 11) is 0. The molecule has 5 nitrogen and oxygen atoms in total. The van der Waals surface area contributed by atoms with Crippen molar-refractivity contribution in [2.24, 2.45) is 23.2 Å². The minimum absolute atomic E-state index is 0.00602. The molecule has 0 bridgehead atoms. The highest BCUT2D eigenvalue weighted by Crippen LogP contribution is 2.70. The molecule has 2 N–H and O–H groups in total. The molecule has 1 aromatic rings. The normalized spacial score (nSPS) is 37.6. The van der Waals surface area contributed by atoms with E-state index >= 15 is 0 Å². The van der Waals surface area contributed by atoms with Gasteiger partial charge in [-0.1, -0.05) is 44.2 Å². The van der Waals surface area contributed by atoms with Crippen LogP contribution in [0.25, 0.3) is 0 Å². The highest BCUT2D eigenvalue weighted by molar-refractivity contribution is 5.22. The Morgan fingerprint density at radius 2 is 1.96 bits per heavy atom. The van der Waals surface area contributed by atoms with Crippen molar-refractivity contribution in [3.8, 4) is 5.75 Å². The zero-order valence-corrected chi connectivity index (χ0v) is 16.8. The van der Waals surface area contributed by atoms with Gasteiger partial charge >= 0.3 is 0 Å². The van der Waals surface area contributed by atoms with Crippen molar-refractivity contribution < 1.29 is 24.4 Å². The Morgan fingerprint density at radius 1 is 1.25 bits per heavy atom. The van der Waals surface area contributed by atoms with Crippen molar-refractivity contribution in [3.63, 3.8) is 0 Å². The first kappa shape index (κ1) is 19.9. The number of hydrogen-bond acceptors (Lipinski definition) is 5. The number of aliphatic hydroxyl groups is 2. The van der Waals surface area contributed by atoms with Crippen LogP contribution in [0.4, 0.5) is 0 Å². The predicted molar refractivity (Wildman–Crippen MR) is 106 cm³/mol. The fourth-order valence-electron chi connectivity index (χ4n) is 5.91. The summed E-state index contributed by atoms with van der Waals surface area (Å²) in [6.07, 6.45) is 5.24. The number of ether oxygens (including phenoxy) is 3. The van der Waals surface area contributed by atoms with Crippen LogP contribution < -0.4 is 4.74 Å².